The van der Waals surface area contributed by atoms with Crippen molar-refractivity contribution < 1.29 is 58.2 Å². The number of aromatic hydroxyl groups is 1. The molecule has 0 saturated carbocycles. The third kappa shape index (κ3) is 18.5. The fourth-order valence-corrected chi connectivity index (χ4v) is 7.59. The molecule has 0 aliphatic carbocycles. The van der Waals surface area contributed by atoms with Crippen molar-refractivity contribution in [3.63, 3.8) is 0 Å². The SMILES string of the molecule is CC(C)C[C@H](NC(=O)[C@H](Cc1ccccc1)NC(=O)[C@H](Cc1ccc(O)cc1)NC(=O)[C@@H](N)CS)C(=O)N[C@@H](CC(N)=O)C(=O)N[C@@H](CS)C(=O)N1CCC[C@H]1C(=O)N[C@@H](CN)C(=O)NCC(=O)O. The summed E-state index contributed by atoms with van der Waals surface area (Å²) in [6.07, 6.45) is -0.371. The van der Waals surface area contributed by atoms with E-state index in [0.29, 0.717) is 17.5 Å². The number of carboxylic acid groups (broad SMARTS) is 1. The lowest BCUT2D eigenvalue weighted by atomic mass is 9.99. The zero-order valence-corrected chi connectivity index (χ0v) is 40.0. The van der Waals surface area contributed by atoms with E-state index >= 15 is 0 Å². The first-order valence-corrected chi connectivity index (χ1v) is 23.3. The van der Waals surface area contributed by atoms with Gasteiger partial charge in [-0.2, -0.15) is 25.3 Å². The molecule has 1 saturated heterocycles. The number of hydrogen-bond acceptors (Lipinski definition) is 15. The molecular weight excluding hydrogens is 939 g/mol. The molecule has 3 rings (SSSR count). The molecule has 15 N–H and O–H groups in total. The average molecular weight is 1000 g/mol. The van der Waals surface area contributed by atoms with Crippen LogP contribution in [0.25, 0.3) is 0 Å². The number of nitrogens with one attached hydrogen (secondary N) is 7. The van der Waals surface area contributed by atoms with Crippen LogP contribution in [-0.2, 0) is 60.8 Å². The van der Waals surface area contributed by atoms with Gasteiger partial charge in [0, 0.05) is 37.4 Å². The Kier molecular flexibility index (Phi) is 23.2. The van der Waals surface area contributed by atoms with Crippen molar-refractivity contribution >= 4 is 84.4 Å². The average Bonchev–Trinajstić information content (AvgIpc) is 3.81. The Morgan fingerprint density at radius 1 is 0.681 bits per heavy atom. The van der Waals surface area contributed by atoms with Crippen LogP contribution in [0.2, 0.25) is 0 Å². The summed E-state index contributed by atoms with van der Waals surface area (Å²) in [7, 11) is 0. The van der Waals surface area contributed by atoms with Gasteiger partial charge in [0.25, 0.3) is 0 Å². The summed E-state index contributed by atoms with van der Waals surface area (Å²) in [6.45, 7) is 2.48. The zero-order valence-electron chi connectivity index (χ0n) is 38.2. The number of hydrogen-bond donors (Lipinski definition) is 14. The van der Waals surface area contributed by atoms with Crippen LogP contribution in [0.5, 0.6) is 5.75 Å². The van der Waals surface area contributed by atoms with E-state index in [1.165, 1.54) is 17.0 Å². The molecule has 1 fully saturated rings. The van der Waals surface area contributed by atoms with E-state index in [1.54, 1.807) is 56.3 Å². The normalized spacial score (nSPS) is 16.3. The second kappa shape index (κ2) is 28.1. The summed E-state index contributed by atoms with van der Waals surface area (Å²) in [5, 5.41) is 36.1. The Labute approximate surface area is 409 Å². The summed E-state index contributed by atoms with van der Waals surface area (Å²) in [5.41, 5.74) is 18.2. The number of carbonyl (C=O) groups excluding carboxylic acids is 9. The molecule has 2 aromatic rings. The molecule has 1 aliphatic rings. The highest BCUT2D eigenvalue weighted by atomic mass is 32.1. The maximum absolute atomic E-state index is 14.3. The van der Waals surface area contributed by atoms with Crippen molar-refractivity contribution in [1.29, 1.82) is 0 Å². The highest BCUT2D eigenvalue weighted by Crippen LogP contribution is 2.20. The van der Waals surface area contributed by atoms with Gasteiger partial charge in [-0.3, -0.25) is 47.9 Å². The fourth-order valence-electron chi connectivity index (χ4n) is 7.17. The van der Waals surface area contributed by atoms with E-state index in [0.717, 1.165) is 0 Å². The van der Waals surface area contributed by atoms with Gasteiger partial charge in [0.05, 0.1) is 12.5 Å². The second-order valence-electron chi connectivity index (χ2n) is 16.7. The Balaban J connectivity index is 1.84. The summed E-state index contributed by atoms with van der Waals surface area (Å²) >= 11 is 8.31. The van der Waals surface area contributed by atoms with Gasteiger partial charge in [-0.1, -0.05) is 56.3 Å². The lowest BCUT2D eigenvalue weighted by molar-refractivity contribution is -0.142. The van der Waals surface area contributed by atoms with Gasteiger partial charge in [-0.15, -0.1) is 0 Å². The molecule has 0 radical (unpaired) electrons. The quantitative estimate of drug-likeness (QED) is 0.0384. The van der Waals surface area contributed by atoms with Gasteiger partial charge in [-0.25, -0.2) is 0 Å². The third-order valence-corrected chi connectivity index (χ3v) is 11.5. The van der Waals surface area contributed by atoms with Crippen LogP contribution in [0.3, 0.4) is 0 Å². The minimum atomic E-state index is -1.68. The van der Waals surface area contributed by atoms with E-state index < -0.39 is 120 Å². The molecule has 0 spiro atoms. The molecule has 69 heavy (non-hydrogen) atoms. The molecule has 0 unspecified atom stereocenters. The minimum absolute atomic E-state index is 0.00195. The third-order valence-electron chi connectivity index (χ3n) is 10.8. The molecule has 8 atom stereocenters. The number of phenolic OH excluding ortho intramolecular Hbond substituents is 1. The van der Waals surface area contributed by atoms with Gasteiger partial charge in [0.15, 0.2) is 0 Å². The van der Waals surface area contributed by atoms with Crippen LogP contribution in [0.1, 0.15) is 50.7 Å². The summed E-state index contributed by atoms with van der Waals surface area (Å²) in [5.74, 6) is -9.58. The van der Waals surface area contributed by atoms with Crippen molar-refractivity contribution in [2.75, 3.05) is 31.1 Å². The number of nitrogens with zero attached hydrogens (tertiary/aromatic N) is 1. The predicted octanol–water partition coefficient (Wildman–Crippen LogP) is -3.65. The molecular formula is C44H63N11O12S2. The monoisotopic (exact) mass is 1000 g/mol. The number of nitrogens with two attached hydrogens (primary N) is 3. The lowest BCUT2D eigenvalue weighted by Crippen LogP contribution is -2.61. The van der Waals surface area contributed by atoms with E-state index in [1.807, 2.05) is 0 Å². The molecule has 0 aromatic heterocycles. The number of primary amides is 1. The lowest BCUT2D eigenvalue weighted by Gasteiger charge is -2.30. The number of amides is 9. The van der Waals surface area contributed by atoms with Gasteiger partial charge in [0.2, 0.25) is 53.2 Å². The Bertz CT molecular complexity index is 2140. The molecule has 2 aromatic carbocycles. The summed E-state index contributed by atoms with van der Waals surface area (Å²) in [4.78, 5) is 133. The van der Waals surface area contributed by atoms with E-state index in [-0.39, 0.29) is 61.9 Å². The van der Waals surface area contributed by atoms with Crippen LogP contribution in [0.15, 0.2) is 54.6 Å². The molecule has 1 aliphatic heterocycles. The van der Waals surface area contributed by atoms with Crippen LogP contribution < -0.4 is 54.4 Å². The number of phenols is 1. The summed E-state index contributed by atoms with van der Waals surface area (Å²) in [6, 6.07) is 3.94. The largest absolute Gasteiger partial charge is 0.508 e. The Hall–Kier alpha value is -6.44. The number of carboxylic acids is 1. The van der Waals surface area contributed by atoms with E-state index in [2.05, 4.69) is 62.5 Å². The molecule has 23 nitrogen and oxygen atoms in total. The molecule has 378 valence electrons. The smallest absolute Gasteiger partial charge is 0.322 e. The predicted molar refractivity (Wildman–Crippen MR) is 257 cm³/mol. The number of carbonyl (C=O) groups is 10. The van der Waals surface area contributed by atoms with Gasteiger partial charge in [0.1, 0.15) is 54.6 Å². The molecule has 0 bridgehead atoms. The van der Waals surface area contributed by atoms with Gasteiger partial charge >= 0.3 is 5.97 Å². The molecule has 9 amide bonds. The van der Waals surface area contributed by atoms with Crippen molar-refractivity contribution in [1.82, 2.24) is 42.1 Å². The zero-order chi connectivity index (χ0) is 51.4. The topological polar surface area (TPSA) is 377 Å². The van der Waals surface area contributed by atoms with Crippen LogP contribution in [-0.4, -0.2) is 154 Å². The number of likely N-dealkylation sites (tertiary alicyclic amines) is 1. The first-order chi connectivity index (χ1) is 32.7. The Morgan fingerprint density at radius 2 is 1.20 bits per heavy atom. The number of thiol groups is 2. The van der Waals surface area contributed by atoms with Crippen molar-refractivity contribution in [3.8, 4) is 5.75 Å². The molecule has 25 heteroatoms. The first-order valence-electron chi connectivity index (χ1n) is 22.1. The van der Waals surface area contributed by atoms with Gasteiger partial charge < -0.3 is 69.5 Å². The van der Waals surface area contributed by atoms with Crippen molar-refractivity contribution in [2.45, 2.75) is 101 Å². The maximum Gasteiger partial charge on any atom is 0.322 e. The van der Waals surface area contributed by atoms with Crippen molar-refractivity contribution in [3.05, 3.63) is 65.7 Å². The van der Waals surface area contributed by atoms with Crippen LogP contribution >= 0.6 is 25.3 Å². The number of benzene rings is 2. The molecule has 1 heterocycles. The first kappa shape index (κ1) is 56.9. The standard InChI is InChI=1S/C44H63N11O12S2/c1-23(2)15-28(50-41(64)30(16-24-7-4-3-5-8-24)51-40(63)29(49-37(60)27(46)21-68)17-25-10-12-26(56)13-11-25)39(62)52-31(18-35(47)57)42(65)54-33(22-69)44(67)55-14-6-9-34(55)43(66)53-32(19-45)38(61)48-20-36(58)59/h3-5,7-8,10-13,23,27-34,56,68-69H,6,9,14-22,45-46H2,1-2H3,(H2,47,57)(H,48,61)(H,49,60)(H,50,64)(H,51,63)(H,52,62)(H,53,66)(H,54,65)(H,58,59)/t27-,28-,29-,30-,31-,32-,33-,34-/m0/s1. The van der Waals surface area contributed by atoms with Crippen LogP contribution in [0, 0.1) is 5.92 Å². The highest BCUT2D eigenvalue weighted by molar-refractivity contribution is 7.80. The highest BCUT2D eigenvalue weighted by Gasteiger charge is 2.40. The minimum Gasteiger partial charge on any atom is -0.508 e. The van der Waals surface area contributed by atoms with Crippen molar-refractivity contribution in [2.24, 2.45) is 23.1 Å². The second-order valence-corrected chi connectivity index (χ2v) is 17.5. The number of rotatable bonds is 27. The fraction of sp³-hybridized carbons (Fsp3) is 0.500. The van der Waals surface area contributed by atoms with Gasteiger partial charge in [-0.05, 0) is 48.4 Å². The van der Waals surface area contributed by atoms with E-state index in [9.17, 15) is 53.1 Å². The number of aliphatic carboxylic acids is 1. The van der Waals surface area contributed by atoms with E-state index in [4.69, 9.17) is 22.3 Å². The maximum atomic E-state index is 14.3. The summed E-state index contributed by atoms with van der Waals surface area (Å²) < 4.78 is 0. The Morgan fingerprint density at radius 3 is 1.74 bits per heavy atom. The van der Waals surface area contributed by atoms with Crippen LogP contribution in [0.4, 0.5) is 0 Å².